The summed E-state index contributed by atoms with van der Waals surface area (Å²) in [5, 5.41) is 11.7. The standard InChI is InChI=1S/C30H30N2O4.ClH/c31-30(34)23-6-4-5-21(19-23)27-13-7-22-20-24(33)8-14-28(22)29(27)36-26-11-9-25(10-12-26)35-18-17-32-15-2-1-3-16-32;/h4-14,19-20,33H,1-3,15-18H2,(H2,31,34);1H. The third-order valence-corrected chi connectivity index (χ3v) is 6.58. The maximum atomic E-state index is 11.8. The van der Waals surface area contributed by atoms with Crippen molar-refractivity contribution in [2.45, 2.75) is 19.3 Å². The molecule has 1 aliphatic rings. The van der Waals surface area contributed by atoms with Gasteiger partial charge in [-0.2, -0.15) is 0 Å². The molecule has 4 aromatic carbocycles. The fourth-order valence-corrected chi connectivity index (χ4v) is 4.66. The molecule has 0 spiro atoms. The average Bonchev–Trinajstić information content (AvgIpc) is 2.90. The van der Waals surface area contributed by atoms with Crippen LogP contribution in [-0.2, 0) is 0 Å². The van der Waals surface area contributed by atoms with E-state index in [2.05, 4.69) is 4.90 Å². The number of primary amides is 1. The predicted octanol–water partition coefficient (Wildman–Crippen LogP) is 6.39. The zero-order chi connectivity index (χ0) is 24.9. The Balaban J connectivity index is 0.00000320. The van der Waals surface area contributed by atoms with Crippen LogP contribution in [0.25, 0.3) is 21.9 Å². The first-order valence-electron chi connectivity index (χ1n) is 12.4. The molecule has 0 atom stereocenters. The number of nitrogens with zero attached hydrogens (tertiary/aromatic N) is 1. The molecule has 1 saturated heterocycles. The lowest BCUT2D eigenvalue weighted by Gasteiger charge is -2.26. The van der Waals surface area contributed by atoms with E-state index in [0.29, 0.717) is 23.7 Å². The molecule has 0 bridgehead atoms. The van der Waals surface area contributed by atoms with Gasteiger partial charge >= 0.3 is 0 Å². The predicted molar refractivity (Wildman–Crippen MR) is 149 cm³/mol. The number of phenols is 1. The van der Waals surface area contributed by atoms with Crippen LogP contribution >= 0.6 is 12.4 Å². The Morgan fingerprint density at radius 2 is 1.65 bits per heavy atom. The van der Waals surface area contributed by atoms with Crippen LogP contribution < -0.4 is 15.2 Å². The summed E-state index contributed by atoms with van der Waals surface area (Å²) < 4.78 is 12.4. The van der Waals surface area contributed by atoms with Crippen molar-refractivity contribution in [1.82, 2.24) is 4.90 Å². The third kappa shape index (κ3) is 6.34. The lowest BCUT2D eigenvalue weighted by Crippen LogP contribution is -2.33. The molecule has 0 saturated carbocycles. The molecular formula is C30H31ClN2O4. The van der Waals surface area contributed by atoms with Gasteiger partial charge in [-0.3, -0.25) is 9.69 Å². The second kappa shape index (κ2) is 12.0. The fourth-order valence-electron chi connectivity index (χ4n) is 4.66. The van der Waals surface area contributed by atoms with Crippen molar-refractivity contribution in [2.24, 2.45) is 5.73 Å². The Labute approximate surface area is 223 Å². The SMILES string of the molecule is Cl.NC(=O)c1cccc(-c2ccc3cc(O)ccc3c2Oc2ccc(OCCN3CCCCC3)cc2)c1. The molecule has 7 heteroatoms. The first kappa shape index (κ1) is 26.3. The van der Waals surface area contributed by atoms with Crippen LogP contribution in [-0.4, -0.2) is 42.2 Å². The number of carbonyl (C=O) groups excluding carboxylic acids is 1. The highest BCUT2D eigenvalue weighted by Gasteiger charge is 2.15. The molecule has 1 amide bonds. The zero-order valence-corrected chi connectivity index (χ0v) is 21.4. The van der Waals surface area contributed by atoms with E-state index in [1.165, 1.54) is 19.3 Å². The van der Waals surface area contributed by atoms with Crippen LogP contribution in [0.1, 0.15) is 29.6 Å². The molecule has 1 fully saturated rings. The Morgan fingerprint density at radius 3 is 2.41 bits per heavy atom. The van der Waals surface area contributed by atoms with E-state index in [1.54, 1.807) is 30.3 Å². The van der Waals surface area contributed by atoms with Gasteiger partial charge in [0.2, 0.25) is 5.91 Å². The first-order chi connectivity index (χ1) is 17.6. The van der Waals surface area contributed by atoms with Gasteiger partial charge in [-0.1, -0.05) is 24.6 Å². The summed E-state index contributed by atoms with van der Waals surface area (Å²) in [6.07, 6.45) is 3.87. The van der Waals surface area contributed by atoms with Gasteiger partial charge in [-0.15, -0.1) is 12.4 Å². The molecule has 3 N–H and O–H groups in total. The van der Waals surface area contributed by atoms with Gasteiger partial charge in [0.15, 0.2) is 0 Å². The first-order valence-corrected chi connectivity index (χ1v) is 12.4. The minimum absolute atomic E-state index is 0. The number of likely N-dealkylation sites (tertiary alicyclic amines) is 1. The third-order valence-electron chi connectivity index (χ3n) is 6.58. The van der Waals surface area contributed by atoms with E-state index in [-0.39, 0.29) is 18.2 Å². The molecule has 0 aliphatic carbocycles. The van der Waals surface area contributed by atoms with E-state index in [4.69, 9.17) is 15.2 Å². The van der Waals surface area contributed by atoms with E-state index in [1.807, 2.05) is 48.5 Å². The van der Waals surface area contributed by atoms with Gasteiger partial charge in [0.25, 0.3) is 0 Å². The second-order valence-corrected chi connectivity index (χ2v) is 9.12. The highest BCUT2D eigenvalue weighted by atomic mass is 35.5. The van der Waals surface area contributed by atoms with Crippen LogP contribution in [0.4, 0.5) is 0 Å². The minimum atomic E-state index is -0.485. The number of nitrogens with two attached hydrogens (primary N) is 1. The smallest absolute Gasteiger partial charge is 0.248 e. The quantitative estimate of drug-likeness (QED) is 0.282. The Hall–Kier alpha value is -3.74. The summed E-state index contributed by atoms with van der Waals surface area (Å²) in [7, 11) is 0. The molecule has 1 heterocycles. The number of halogens is 1. The van der Waals surface area contributed by atoms with E-state index in [9.17, 15) is 9.90 Å². The van der Waals surface area contributed by atoms with Crippen LogP contribution in [0.5, 0.6) is 23.0 Å². The van der Waals surface area contributed by atoms with Crippen molar-refractivity contribution in [3.8, 4) is 34.1 Å². The van der Waals surface area contributed by atoms with Crippen molar-refractivity contribution in [2.75, 3.05) is 26.2 Å². The second-order valence-electron chi connectivity index (χ2n) is 9.12. The Morgan fingerprint density at radius 1 is 0.892 bits per heavy atom. The summed E-state index contributed by atoms with van der Waals surface area (Å²) in [4.78, 5) is 14.2. The van der Waals surface area contributed by atoms with E-state index in [0.717, 1.165) is 47.3 Å². The van der Waals surface area contributed by atoms with Crippen LogP contribution in [0, 0.1) is 0 Å². The van der Waals surface area contributed by atoms with Gasteiger partial charge in [0, 0.05) is 23.1 Å². The van der Waals surface area contributed by atoms with Crippen LogP contribution in [0.3, 0.4) is 0 Å². The number of rotatable bonds is 8. The zero-order valence-electron chi connectivity index (χ0n) is 20.6. The molecule has 192 valence electrons. The number of amides is 1. The number of aromatic hydroxyl groups is 1. The summed E-state index contributed by atoms with van der Waals surface area (Å²) in [5.41, 5.74) is 7.57. The largest absolute Gasteiger partial charge is 0.508 e. The molecule has 4 aromatic rings. The summed E-state index contributed by atoms with van der Waals surface area (Å²) in [6.45, 7) is 3.91. The number of hydrogen-bond donors (Lipinski definition) is 2. The number of benzene rings is 4. The maximum Gasteiger partial charge on any atom is 0.248 e. The molecule has 0 aromatic heterocycles. The average molecular weight is 519 g/mol. The minimum Gasteiger partial charge on any atom is -0.508 e. The van der Waals surface area contributed by atoms with Gasteiger partial charge in [0.05, 0.1) is 0 Å². The molecule has 0 radical (unpaired) electrons. The molecule has 1 aliphatic heterocycles. The summed E-state index contributed by atoms with van der Waals surface area (Å²) in [6, 6.07) is 23.8. The van der Waals surface area contributed by atoms with Crippen LogP contribution in [0.15, 0.2) is 78.9 Å². The van der Waals surface area contributed by atoms with Crippen molar-refractivity contribution in [1.29, 1.82) is 0 Å². The number of hydrogen-bond acceptors (Lipinski definition) is 5. The normalized spacial score (nSPS) is 13.6. The number of phenolic OH excluding ortho intramolecular Hbond substituents is 1. The van der Waals surface area contributed by atoms with Crippen molar-refractivity contribution < 1.29 is 19.4 Å². The maximum absolute atomic E-state index is 11.8. The number of fused-ring (bicyclic) bond motifs is 1. The highest BCUT2D eigenvalue weighted by molar-refractivity contribution is 5.98. The molecule has 37 heavy (non-hydrogen) atoms. The van der Waals surface area contributed by atoms with Crippen LogP contribution in [0.2, 0.25) is 0 Å². The number of carbonyl (C=O) groups is 1. The van der Waals surface area contributed by atoms with E-state index >= 15 is 0 Å². The lowest BCUT2D eigenvalue weighted by atomic mass is 9.98. The molecule has 5 rings (SSSR count). The molecule has 0 unspecified atom stereocenters. The van der Waals surface area contributed by atoms with Gasteiger partial charge in [0.1, 0.15) is 29.6 Å². The summed E-state index contributed by atoms with van der Waals surface area (Å²) in [5.74, 6) is 1.79. The number of piperidine rings is 1. The van der Waals surface area contributed by atoms with Gasteiger partial charge in [-0.25, -0.2) is 0 Å². The molecule has 6 nitrogen and oxygen atoms in total. The fraction of sp³-hybridized carbons (Fsp3) is 0.233. The Kier molecular flexibility index (Phi) is 8.54. The Bertz CT molecular complexity index is 1370. The van der Waals surface area contributed by atoms with Crippen molar-refractivity contribution in [3.05, 3.63) is 84.4 Å². The van der Waals surface area contributed by atoms with Crippen molar-refractivity contribution >= 4 is 29.1 Å². The summed E-state index contributed by atoms with van der Waals surface area (Å²) >= 11 is 0. The van der Waals surface area contributed by atoms with Gasteiger partial charge < -0.3 is 20.3 Å². The van der Waals surface area contributed by atoms with Gasteiger partial charge in [-0.05, 0) is 97.5 Å². The highest BCUT2D eigenvalue weighted by Crippen LogP contribution is 2.41. The molecular weight excluding hydrogens is 488 g/mol. The monoisotopic (exact) mass is 518 g/mol. The van der Waals surface area contributed by atoms with Crippen molar-refractivity contribution in [3.63, 3.8) is 0 Å². The number of ether oxygens (including phenoxy) is 2. The van der Waals surface area contributed by atoms with E-state index < -0.39 is 5.91 Å². The lowest BCUT2D eigenvalue weighted by molar-refractivity contribution is 0.100. The topological polar surface area (TPSA) is 85.0 Å².